The molecule has 13 heteroatoms. The third-order valence-corrected chi connectivity index (χ3v) is 10.5. The summed E-state index contributed by atoms with van der Waals surface area (Å²) in [6, 6.07) is 11.9. The van der Waals surface area contributed by atoms with Crippen LogP contribution in [0.3, 0.4) is 0 Å². The summed E-state index contributed by atoms with van der Waals surface area (Å²) in [7, 11) is -2.53. The Morgan fingerprint density at radius 2 is 1.79 bits per heavy atom. The van der Waals surface area contributed by atoms with Crippen molar-refractivity contribution in [2.75, 3.05) is 68.2 Å². The first-order valence-corrected chi connectivity index (χ1v) is 17.9. The van der Waals surface area contributed by atoms with Crippen LogP contribution < -0.4 is 25.6 Å². The summed E-state index contributed by atoms with van der Waals surface area (Å²) < 4.78 is 19.1. The van der Waals surface area contributed by atoms with Gasteiger partial charge in [-0.05, 0) is 44.4 Å². The van der Waals surface area contributed by atoms with E-state index in [2.05, 4.69) is 30.4 Å². The molecule has 228 valence electrons. The molecular weight excluding hydrogens is 608 g/mol. The van der Waals surface area contributed by atoms with Gasteiger partial charge in [0.2, 0.25) is 11.9 Å². The summed E-state index contributed by atoms with van der Waals surface area (Å²) in [4.78, 5) is 27.5. The van der Waals surface area contributed by atoms with E-state index in [1.165, 1.54) is 6.20 Å². The summed E-state index contributed by atoms with van der Waals surface area (Å²) in [6.07, 6.45) is 3.53. The Morgan fingerprint density at radius 3 is 2.53 bits per heavy atom. The third kappa shape index (κ3) is 6.43. The van der Waals surface area contributed by atoms with E-state index in [9.17, 15) is 9.36 Å². The van der Waals surface area contributed by atoms with E-state index in [0.717, 1.165) is 62.3 Å². The standard InChI is InChI=1S/C30H36Cl2N7O3P/c1-19(40)37-10-8-21(9-11-37)38-12-13-39-22(17-38)18-42-26-15-20(14-23(31)28(26)39)34-30-33-16-24(32)29(36-30)35-25-6-4-5-7-27(25)43(2,3)41/h4-7,14-16,21-22H,8-13,17-18H2,1-3H3,(H2,33,34,35,36)/t22-/m0/s1. The zero-order chi connectivity index (χ0) is 30.3. The Labute approximate surface area is 262 Å². The molecule has 0 bridgehead atoms. The number of fused-ring (bicyclic) bond motifs is 3. The van der Waals surface area contributed by atoms with Crippen molar-refractivity contribution in [1.29, 1.82) is 0 Å². The topological polar surface area (TPSA) is 103 Å². The molecule has 4 heterocycles. The molecule has 2 aromatic carbocycles. The number of piperidine rings is 1. The SMILES string of the molecule is CC(=O)N1CCC(N2CCN3c4c(Cl)cc(Nc5ncc(Cl)c(Nc6ccccc6P(C)(C)=O)n5)cc4OC[C@@H]3C2)CC1. The molecule has 1 aromatic heterocycles. The lowest BCUT2D eigenvalue weighted by Gasteiger charge is -2.49. The summed E-state index contributed by atoms with van der Waals surface area (Å²) >= 11 is 13.3. The van der Waals surface area contributed by atoms with Gasteiger partial charge in [-0.25, -0.2) is 4.98 Å². The van der Waals surface area contributed by atoms with Crippen molar-refractivity contribution in [3.8, 4) is 5.75 Å². The summed E-state index contributed by atoms with van der Waals surface area (Å²) in [5.41, 5.74) is 2.29. The van der Waals surface area contributed by atoms with Crippen molar-refractivity contribution >= 4 is 70.4 Å². The monoisotopic (exact) mass is 643 g/mol. The van der Waals surface area contributed by atoms with Crippen LogP contribution in [0.2, 0.25) is 10.0 Å². The maximum Gasteiger partial charge on any atom is 0.229 e. The number of para-hydroxylation sites is 1. The molecule has 2 saturated heterocycles. The number of likely N-dealkylation sites (tertiary alicyclic amines) is 1. The van der Waals surface area contributed by atoms with Crippen molar-refractivity contribution < 1.29 is 14.1 Å². The molecule has 10 nitrogen and oxygen atoms in total. The second-order valence-corrected chi connectivity index (χ2v) is 15.7. The number of nitrogens with zero attached hydrogens (tertiary/aromatic N) is 5. The molecule has 0 radical (unpaired) electrons. The maximum absolute atomic E-state index is 12.8. The van der Waals surface area contributed by atoms with E-state index in [4.69, 9.17) is 27.9 Å². The van der Waals surface area contributed by atoms with E-state index in [1.54, 1.807) is 20.3 Å². The molecule has 6 rings (SSSR count). The molecule has 2 N–H and O–H groups in total. The third-order valence-electron chi connectivity index (χ3n) is 8.42. The maximum atomic E-state index is 12.8. The fourth-order valence-corrected chi connectivity index (χ4v) is 7.85. The molecule has 0 aliphatic carbocycles. The number of carbonyl (C=O) groups excluding carboxylic acids is 1. The highest BCUT2D eigenvalue weighted by Gasteiger charge is 2.37. The van der Waals surface area contributed by atoms with Gasteiger partial charge in [0.05, 0.1) is 28.6 Å². The number of ether oxygens (including phenoxy) is 1. The number of rotatable bonds is 6. The average Bonchev–Trinajstić information content (AvgIpc) is 2.98. The lowest BCUT2D eigenvalue weighted by Crippen LogP contribution is -2.60. The van der Waals surface area contributed by atoms with E-state index < -0.39 is 7.14 Å². The summed E-state index contributed by atoms with van der Waals surface area (Å²) in [5.74, 6) is 1.61. The van der Waals surface area contributed by atoms with Crippen LogP contribution >= 0.6 is 30.3 Å². The first-order valence-electron chi connectivity index (χ1n) is 14.5. The molecule has 1 amide bonds. The van der Waals surface area contributed by atoms with Gasteiger partial charge >= 0.3 is 0 Å². The van der Waals surface area contributed by atoms with Crippen LogP contribution in [0.4, 0.5) is 28.8 Å². The Kier molecular flexibility index (Phi) is 8.48. The Balaban J connectivity index is 1.15. The van der Waals surface area contributed by atoms with Gasteiger partial charge in [0.25, 0.3) is 0 Å². The Hall–Kier alpha value is -3.04. The molecule has 3 aromatic rings. The van der Waals surface area contributed by atoms with Gasteiger partial charge in [0.1, 0.15) is 24.5 Å². The molecule has 1 atom stereocenters. The quantitative estimate of drug-likeness (QED) is 0.341. The lowest BCUT2D eigenvalue weighted by molar-refractivity contribution is -0.130. The zero-order valence-electron chi connectivity index (χ0n) is 24.5. The summed E-state index contributed by atoms with van der Waals surface area (Å²) in [5, 5.41) is 8.11. The van der Waals surface area contributed by atoms with Gasteiger partial charge in [-0.1, -0.05) is 35.3 Å². The van der Waals surface area contributed by atoms with Gasteiger partial charge in [0, 0.05) is 62.7 Å². The molecular formula is C30H36Cl2N7O3P. The molecule has 2 fully saturated rings. The highest BCUT2D eigenvalue weighted by molar-refractivity contribution is 7.70. The largest absolute Gasteiger partial charge is 0.489 e. The van der Waals surface area contributed by atoms with Crippen LogP contribution in [-0.2, 0) is 9.36 Å². The first-order chi connectivity index (χ1) is 20.6. The number of piperazine rings is 1. The van der Waals surface area contributed by atoms with Gasteiger partial charge in [-0.2, -0.15) is 4.98 Å². The Morgan fingerprint density at radius 1 is 1.02 bits per heavy atom. The number of benzene rings is 2. The lowest BCUT2D eigenvalue weighted by atomic mass is 9.99. The molecule has 0 spiro atoms. The highest BCUT2D eigenvalue weighted by atomic mass is 35.5. The number of halogens is 2. The summed E-state index contributed by atoms with van der Waals surface area (Å²) in [6.45, 7) is 10.0. The number of amides is 1. The van der Waals surface area contributed by atoms with Crippen LogP contribution in [0.5, 0.6) is 5.75 Å². The minimum atomic E-state index is -2.53. The van der Waals surface area contributed by atoms with Crippen molar-refractivity contribution in [3.63, 3.8) is 0 Å². The van der Waals surface area contributed by atoms with Crippen molar-refractivity contribution in [2.45, 2.75) is 31.8 Å². The van der Waals surface area contributed by atoms with E-state index in [-0.39, 0.29) is 11.9 Å². The number of nitrogens with one attached hydrogen (secondary N) is 2. The first kappa shape index (κ1) is 30.0. The number of anilines is 5. The fraction of sp³-hybridized carbons (Fsp3) is 0.433. The fourth-order valence-electron chi connectivity index (χ4n) is 6.24. The second-order valence-electron chi connectivity index (χ2n) is 11.7. The molecule has 3 aliphatic rings. The van der Waals surface area contributed by atoms with Crippen LogP contribution in [0, 0.1) is 0 Å². The van der Waals surface area contributed by atoms with Gasteiger partial charge in [-0.3, -0.25) is 9.69 Å². The van der Waals surface area contributed by atoms with Crippen LogP contribution in [0.15, 0.2) is 42.6 Å². The average molecular weight is 645 g/mol. The molecule has 0 saturated carbocycles. The number of hydrogen-bond acceptors (Lipinski definition) is 9. The predicted octanol–water partition coefficient (Wildman–Crippen LogP) is 5.41. The van der Waals surface area contributed by atoms with Gasteiger partial charge in [-0.15, -0.1) is 0 Å². The molecule has 0 unspecified atom stereocenters. The van der Waals surface area contributed by atoms with E-state index in [0.29, 0.717) is 45.8 Å². The van der Waals surface area contributed by atoms with E-state index in [1.807, 2.05) is 41.3 Å². The smallest absolute Gasteiger partial charge is 0.229 e. The minimum Gasteiger partial charge on any atom is -0.489 e. The van der Waals surface area contributed by atoms with Crippen LogP contribution in [-0.4, -0.2) is 90.4 Å². The minimum absolute atomic E-state index is 0.163. The normalized spacial score (nSPS) is 19.3. The van der Waals surface area contributed by atoms with Crippen molar-refractivity contribution in [1.82, 2.24) is 19.8 Å². The zero-order valence-corrected chi connectivity index (χ0v) is 26.9. The Bertz CT molecular complexity index is 1580. The number of hydrogen-bond donors (Lipinski definition) is 2. The molecule has 3 aliphatic heterocycles. The second kappa shape index (κ2) is 12.2. The van der Waals surface area contributed by atoms with Crippen molar-refractivity contribution in [3.05, 3.63) is 52.6 Å². The van der Waals surface area contributed by atoms with E-state index >= 15 is 0 Å². The van der Waals surface area contributed by atoms with Gasteiger partial charge < -0.3 is 29.7 Å². The van der Waals surface area contributed by atoms with Crippen LogP contribution in [0.25, 0.3) is 0 Å². The highest BCUT2D eigenvalue weighted by Crippen LogP contribution is 2.44. The number of aromatic nitrogens is 2. The predicted molar refractivity (Wildman–Crippen MR) is 174 cm³/mol. The molecule has 43 heavy (non-hydrogen) atoms. The van der Waals surface area contributed by atoms with Crippen molar-refractivity contribution in [2.24, 2.45) is 0 Å². The van der Waals surface area contributed by atoms with Crippen LogP contribution in [0.1, 0.15) is 19.8 Å². The number of carbonyl (C=O) groups is 1. The van der Waals surface area contributed by atoms with Gasteiger partial charge in [0.15, 0.2) is 5.82 Å².